The van der Waals surface area contributed by atoms with Gasteiger partial charge in [-0.05, 0) is 54.4 Å². The average molecular weight is 354 g/mol. The van der Waals surface area contributed by atoms with E-state index in [9.17, 15) is 8.42 Å². The van der Waals surface area contributed by atoms with Gasteiger partial charge >= 0.3 is 10.1 Å². The predicted molar refractivity (Wildman–Crippen MR) is 97.4 cm³/mol. The summed E-state index contributed by atoms with van der Waals surface area (Å²) < 4.78 is 35.0. The van der Waals surface area contributed by atoms with Gasteiger partial charge in [-0.1, -0.05) is 42.0 Å². The SMILES string of the molecule is COc1ccc(-c2ccc(OS(=O)(=O)c3ccc(C)cc3)cc2)cc1. The Morgan fingerprint density at radius 2 is 1.16 bits per heavy atom. The van der Waals surface area contributed by atoms with Crippen molar-refractivity contribution in [3.63, 3.8) is 0 Å². The van der Waals surface area contributed by atoms with Gasteiger partial charge in [0.25, 0.3) is 0 Å². The van der Waals surface area contributed by atoms with Crippen molar-refractivity contribution in [3.05, 3.63) is 78.4 Å². The Bertz CT molecular complexity index is 942. The second-order valence-electron chi connectivity index (χ2n) is 5.60. The maximum absolute atomic E-state index is 12.3. The molecule has 0 aliphatic heterocycles. The Kier molecular flexibility index (Phi) is 4.76. The molecule has 3 aromatic rings. The maximum atomic E-state index is 12.3. The number of hydrogen-bond acceptors (Lipinski definition) is 4. The van der Waals surface area contributed by atoms with Gasteiger partial charge in [0, 0.05) is 0 Å². The Morgan fingerprint density at radius 1 is 0.680 bits per heavy atom. The molecule has 0 unspecified atom stereocenters. The van der Waals surface area contributed by atoms with E-state index in [1.54, 1.807) is 31.4 Å². The molecule has 0 atom stereocenters. The lowest BCUT2D eigenvalue weighted by atomic mass is 10.1. The van der Waals surface area contributed by atoms with Crippen LogP contribution in [0.15, 0.2) is 77.7 Å². The van der Waals surface area contributed by atoms with Crippen LogP contribution >= 0.6 is 0 Å². The number of rotatable bonds is 5. The Labute approximate surface area is 147 Å². The quantitative estimate of drug-likeness (QED) is 0.636. The largest absolute Gasteiger partial charge is 0.497 e. The molecule has 3 aromatic carbocycles. The van der Waals surface area contributed by atoms with E-state index >= 15 is 0 Å². The third kappa shape index (κ3) is 4.00. The van der Waals surface area contributed by atoms with Crippen molar-refractivity contribution in [3.8, 4) is 22.6 Å². The molecule has 0 aliphatic rings. The monoisotopic (exact) mass is 354 g/mol. The summed E-state index contributed by atoms with van der Waals surface area (Å²) in [6, 6.07) is 21.1. The summed E-state index contributed by atoms with van der Waals surface area (Å²) >= 11 is 0. The molecule has 0 aliphatic carbocycles. The lowest BCUT2D eigenvalue weighted by Crippen LogP contribution is -2.09. The number of methoxy groups -OCH3 is 1. The van der Waals surface area contributed by atoms with Crippen LogP contribution in [0.2, 0.25) is 0 Å². The van der Waals surface area contributed by atoms with Crippen molar-refractivity contribution >= 4 is 10.1 Å². The first-order chi connectivity index (χ1) is 12.0. The van der Waals surface area contributed by atoms with Crippen LogP contribution in [0, 0.1) is 6.92 Å². The van der Waals surface area contributed by atoms with Crippen LogP contribution in [-0.2, 0) is 10.1 Å². The fourth-order valence-electron chi connectivity index (χ4n) is 2.37. The number of hydrogen-bond donors (Lipinski definition) is 0. The minimum atomic E-state index is -3.83. The fourth-order valence-corrected chi connectivity index (χ4v) is 3.30. The van der Waals surface area contributed by atoms with Gasteiger partial charge in [-0.3, -0.25) is 0 Å². The molecule has 0 saturated heterocycles. The first kappa shape index (κ1) is 17.0. The van der Waals surface area contributed by atoms with Gasteiger partial charge in [0.1, 0.15) is 16.4 Å². The molecular formula is C20H18O4S. The molecule has 0 N–H and O–H groups in total. The molecule has 0 fully saturated rings. The highest BCUT2D eigenvalue weighted by Gasteiger charge is 2.16. The molecule has 0 amide bonds. The van der Waals surface area contributed by atoms with E-state index in [1.165, 1.54) is 12.1 Å². The predicted octanol–water partition coefficient (Wildman–Crippen LogP) is 4.44. The zero-order chi connectivity index (χ0) is 17.9. The normalized spacial score (nSPS) is 11.1. The summed E-state index contributed by atoms with van der Waals surface area (Å²) in [5, 5.41) is 0. The Balaban J connectivity index is 1.79. The topological polar surface area (TPSA) is 52.6 Å². The van der Waals surface area contributed by atoms with Crippen molar-refractivity contribution in [2.24, 2.45) is 0 Å². The van der Waals surface area contributed by atoms with Crippen molar-refractivity contribution < 1.29 is 17.3 Å². The van der Waals surface area contributed by atoms with Crippen LogP contribution in [0.4, 0.5) is 0 Å². The van der Waals surface area contributed by atoms with Crippen LogP contribution in [0.25, 0.3) is 11.1 Å². The molecule has 0 bridgehead atoms. The lowest BCUT2D eigenvalue weighted by Gasteiger charge is -2.08. The Morgan fingerprint density at radius 3 is 1.64 bits per heavy atom. The summed E-state index contributed by atoms with van der Waals surface area (Å²) in [5.41, 5.74) is 2.96. The maximum Gasteiger partial charge on any atom is 0.339 e. The number of ether oxygens (including phenoxy) is 1. The van der Waals surface area contributed by atoms with Gasteiger partial charge in [0.15, 0.2) is 0 Å². The van der Waals surface area contributed by atoms with Crippen molar-refractivity contribution in [1.29, 1.82) is 0 Å². The highest BCUT2D eigenvalue weighted by Crippen LogP contribution is 2.26. The van der Waals surface area contributed by atoms with E-state index in [0.717, 1.165) is 22.4 Å². The van der Waals surface area contributed by atoms with Gasteiger partial charge in [0.05, 0.1) is 7.11 Å². The molecule has 25 heavy (non-hydrogen) atoms. The summed E-state index contributed by atoms with van der Waals surface area (Å²) in [5.74, 6) is 1.06. The number of benzene rings is 3. The zero-order valence-corrected chi connectivity index (χ0v) is 14.8. The molecule has 0 aromatic heterocycles. The van der Waals surface area contributed by atoms with Crippen molar-refractivity contribution in [2.75, 3.05) is 7.11 Å². The van der Waals surface area contributed by atoms with Gasteiger partial charge in [-0.25, -0.2) is 0 Å². The second kappa shape index (κ2) is 6.99. The molecule has 3 rings (SSSR count). The van der Waals surface area contributed by atoms with E-state index < -0.39 is 10.1 Å². The highest BCUT2D eigenvalue weighted by molar-refractivity contribution is 7.87. The molecule has 0 spiro atoms. The van der Waals surface area contributed by atoms with Gasteiger partial charge < -0.3 is 8.92 Å². The van der Waals surface area contributed by atoms with Crippen LogP contribution in [0.3, 0.4) is 0 Å². The van der Waals surface area contributed by atoms with E-state index in [4.69, 9.17) is 8.92 Å². The molecule has 0 radical (unpaired) electrons. The standard InChI is InChI=1S/C20H18O4S/c1-15-3-13-20(14-4-15)25(21,22)24-19-11-7-17(8-12-19)16-5-9-18(23-2)10-6-16/h3-14H,1-2H3. The molecule has 0 saturated carbocycles. The summed E-state index contributed by atoms with van der Waals surface area (Å²) in [7, 11) is -2.21. The zero-order valence-electron chi connectivity index (χ0n) is 14.0. The molecule has 4 nitrogen and oxygen atoms in total. The minimum absolute atomic E-state index is 0.136. The fraction of sp³-hybridized carbons (Fsp3) is 0.100. The van der Waals surface area contributed by atoms with Crippen molar-refractivity contribution in [2.45, 2.75) is 11.8 Å². The van der Waals surface area contributed by atoms with Crippen LogP contribution in [0.1, 0.15) is 5.56 Å². The third-order valence-corrected chi connectivity index (χ3v) is 5.05. The summed E-state index contributed by atoms with van der Waals surface area (Å²) in [6.07, 6.45) is 0. The molecule has 5 heteroatoms. The van der Waals surface area contributed by atoms with Gasteiger partial charge in [-0.2, -0.15) is 8.42 Å². The van der Waals surface area contributed by atoms with E-state index in [2.05, 4.69) is 0 Å². The average Bonchev–Trinajstić information content (AvgIpc) is 2.62. The van der Waals surface area contributed by atoms with Crippen LogP contribution < -0.4 is 8.92 Å². The summed E-state index contributed by atoms with van der Waals surface area (Å²) in [6.45, 7) is 1.90. The summed E-state index contributed by atoms with van der Waals surface area (Å²) in [4.78, 5) is 0.136. The first-order valence-electron chi connectivity index (χ1n) is 7.73. The number of aryl methyl sites for hydroxylation is 1. The smallest absolute Gasteiger partial charge is 0.339 e. The third-order valence-electron chi connectivity index (χ3n) is 3.79. The van der Waals surface area contributed by atoms with Crippen LogP contribution in [-0.4, -0.2) is 15.5 Å². The van der Waals surface area contributed by atoms with Gasteiger partial charge in [-0.15, -0.1) is 0 Å². The molecular weight excluding hydrogens is 336 g/mol. The highest BCUT2D eigenvalue weighted by atomic mass is 32.2. The second-order valence-corrected chi connectivity index (χ2v) is 7.15. The molecule has 0 heterocycles. The lowest BCUT2D eigenvalue weighted by molar-refractivity contribution is 0.415. The van der Waals surface area contributed by atoms with Crippen LogP contribution in [0.5, 0.6) is 11.5 Å². The first-order valence-corrected chi connectivity index (χ1v) is 9.14. The minimum Gasteiger partial charge on any atom is -0.497 e. The Hall–Kier alpha value is -2.79. The van der Waals surface area contributed by atoms with E-state index in [0.29, 0.717) is 0 Å². The van der Waals surface area contributed by atoms with Gasteiger partial charge in [0.2, 0.25) is 0 Å². The van der Waals surface area contributed by atoms with Crippen molar-refractivity contribution in [1.82, 2.24) is 0 Å². The van der Waals surface area contributed by atoms with E-state index in [1.807, 2.05) is 43.3 Å². The molecule has 128 valence electrons. The van der Waals surface area contributed by atoms with E-state index in [-0.39, 0.29) is 10.6 Å².